The minimum absolute atomic E-state index is 0. The summed E-state index contributed by atoms with van der Waals surface area (Å²) in [6, 6.07) is 6.76. The molecule has 0 heterocycles. The Balaban J connectivity index is 0.00000400. The molecule has 5 heteroatoms. The molecule has 0 aliphatic heterocycles. The quantitative estimate of drug-likeness (QED) is 0.438. The van der Waals surface area contributed by atoms with Gasteiger partial charge in [-0.25, -0.2) is 4.79 Å². The topological polar surface area (TPSA) is 64.3 Å². The highest BCUT2D eigenvalue weighted by Gasteiger charge is 2.19. The highest BCUT2D eigenvalue weighted by Crippen LogP contribution is 2.09. The summed E-state index contributed by atoms with van der Waals surface area (Å²) in [5, 5.41) is 3.41. The van der Waals surface area contributed by atoms with E-state index in [1.54, 1.807) is 24.3 Å². The van der Waals surface area contributed by atoms with Crippen LogP contribution in [0.4, 0.5) is 5.69 Å². The van der Waals surface area contributed by atoms with Gasteiger partial charge in [-0.1, -0.05) is 19.8 Å². The SMILES string of the molecule is CCCCCNC(C)(C)COC(=O)c1ccc(N)cc1.Cl. The number of halogens is 1. The molecule has 1 rings (SSSR count). The second kappa shape index (κ2) is 9.64. The van der Waals surface area contributed by atoms with Crippen LogP contribution in [0.1, 0.15) is 50.4 Å². The molecule has 1 aromatic carbocycles. The van der Waals surface area contributed by atoms with E-state index in [1.807, 2.05) is 13.8 Å². The minimum atomic E-state index is -0.312. The first kappa shape index (κ1) is 19.7. The second-order valence-corrected chi connectivity index (χ2v) is 5.72. The maximum atomic E-state index is 11.9. The highest BCUT2D eigenvalue weighted by atomic mass is 35.5. The zero-order valence-electron chi connectivity index (χ0n) is 13.1. The normalized spacial score (nSPS) is 10.8. The summed E-state index contributed by atoms with van der Waals surface area (Å²) < 4.78 is 5.35. The smallest absolute Gasteiger partial charge is 0.338 e. The van der Waals surface area contributed by atoms with Gasteiger partial charge in [-0.2, -0.15) is 0 Å². The Labute approximate surface area is 133 Å². The van der Waals surface area contributed by atoms with Crippen LogP contribution in [0.25, 0.3) is 0 Å². The van der Waals surface area contributed by atoms with Gasteiger partial charge in [0.2, 0.25) is 0 Å². The van der Waals surface area contributed by atoms with Gasteiger partial charge >= 0.3 is 5.97 Å². The predicted octanol–water partition coefficient (Wildman–Crippen LogP) is 3.41. The van der Waals surface area contributed by atoms with Crippen molar-refractivity contribution < 1.29 is 9.53 Å². The molecule has 1 aromatic rings. The first-order valence-electron chi connectivity index (χ1n) is 7.22. The number of hydrogen-bond donors (Lipinski definition) is 2. The maximum absolute atomic E-state index is 11.9. The van der Waals surface area contributed by atoms with E-state index in [-0.39, 0.29) is 23.9 Å². The molecule has 0 radical (unpaired) electrons. The van der Waals surface area contributed by atoms with Crippen LogP contribution < -0.4 is 11.1 Å². The van der Waals surface area contributed by atoms with Gasteiger partial charge in [0, 0.05) is 11.2 Å². The molecule has 0 atom stereocenters. The number of nitrogen functional groups attached to an aromatic ring is 1. The van der Waals surface area contributed by atoms with E-state index < -0.39 is 0 Å². The lowest BCUT2D eigenvalue weighted by molar-refractivity contribution is 0.0400. The minimum Gasteiger partial charge on any atom is -0.460 e. The molecule has 4 nitrogen and oxygen atoms in total. The van der Waals surface area contributed by atoms with Gasteiger partial charge in [0.15, 0.2) is 0 Å². The van der Waals surface area contributed by atoms with Crippen LogP contribution in [0.5, 0.6) is 0 Å². The van der Waals surface area contributed by atoms with Crippen molar-refractivity contribution in [3.63, 3.8) is 0 Å². The van der Waals surface area contributed by atoms with E-state index in [9.17, 15) is 4.79 Å². The number of unbranched alkanes of at least 4 members (excludes halogenated alkanes) is 2. The van der Waals surface area contributed by atoms with Crippen LogP contribution in [0.15, 0.2) is 24.3 Å². The monoisotopic (exact) mass is 314 g/mol. The number of nitrogens with one attached hydrogen (secondary N) is 1. The Hall–Kier alpha value is -1.26. The number of benzene rings is 1. The summed E-state index contributed by atoms with van der Waals surface area (Å²) in [7, 11) is 0. The Morgan fingerprint density at radius 2 is 1.86 bits per heavy atom. The summed E-state index contributed by atoms with van der Waals surface area (Å²) in [4.78, 5) is 11.9. The van der Waals surface area contributed by atoms with Crippen molar-refractivity contribution in [2.45, 2.75) is 45.6 Å². The fourth-order valence-corrected chi connectivity index (χ4v) is 1.80. The predicted molar refractivity (Wildman–Crippen MR) is 90.0 cm³/mol. The van der Waals surface area contributed by atoms with E-state index in [4.69, 9.17) is 10.5 Å². The fraction of sp³-hybridized carbons (Fsp3) is 0.562. The van der Waals surface area contributed by atoms with E-state index in [0.29, 0.717) is 17.9 Å². The van der Waals surface area contributed by atoms with Crippen LogP contribution in [0.2, 0.25) is 0 Å². The number of hydrogen-bond acceptors (Lipinski definition) is 4. The third-order valence-corrected chi connectivity index (χ3v) is 3.09. The number of carbonyl (C=O) groups is 1. The summed E-state index contributed by atoms with van der Waals surface area (Å²) >= 11 is 0. The van der Waals surface area contributed by atoms with Crippen molar-refractivity contribution in [3.8, 4) is 0 Å². The van der Waals surface area contributed by atoms with Crippen LogP contribution in [-0.2, 0) is 4.74 Å². The van der Waals surface area contributed by atoms with Gasteiger partial charge in [0.25, 0.3) is 0 Å². The molecule has 21 heavy (non-hydrogen) atoms. The largest absolute Gasteiger partial charge is 0.460 e. The van der Waals surface area contributed by atoms with Crippen molar-refractivity contribution >= 4 is 24.1 Å². The van der Waals surface area contributed by atoms with E-state index in [2.05, 4.69) is 12.2 Å². The third-order valence-electron chi connectivity index (χ3n) is 3.09. The van der Waals surface area contributed by atoms with Gasteiger partial charge in [0.05, 0.1) is 5.56 Å². The lowest BCUT2D eigenvalue weighted by Crippen LogP contribution is -2.44. The molecule has 0 aliphatic carbocycles. The molecule has 0 unspecified atom stereocenters. The summed E-state index contributed by atoms with van der Waals surface area (Å²) in [5.74, 6) is -0.312. The van der Waals surface area contributed by atoms with Crippen molar-refractivity contribution in [1.82, 2.24) is 5.32 Å². The fourth-order valence-electron chi connectivity index (χ4n) is 1.80. The first-order valence-corrected chi connectivity index (χ1v) is 7.22. The molecule has 0 bridgehead atoms. The van der Waals surface area contributed by atoms with Crippen LogP contribution in [0, 0.1) is 0 Å². The number of ether oxygens (including phenoxy) is 1. The molecule has 3 N–H and O–H groups in total. The van der Waals surface area contributed by atoms with Crippen LogP contribution in [0.3, 0.4) is 0 Å². The number of esters is 1. The lowest BCUT2D eigenvalue weighted by Gasteiger charge is -2.26. The van der Waals surface area contributed by atoms with E-state index in [1.165, 1.54) is 12.8 Å². The van der Waals surface area contributed by atoms with Gasteiger partial charge in [0.1, 0.15) is 6.61 Å². The number of nitrogens with two attached hydrogens (primary N) is 1. The van der Waals surface area contributed by atoms with E-state index in [0.717, 1.165) is 13.0 Å². The molecule has 0 spiro atoms. The Morgan fingerprint density at radius 1 is 1.24 bits per heavy atom. The molecule has 0 fully saturated rings. The Morgan fingerprint density at radius 3 is 2.43 bits per heavy atom. The van der Waals surface area contributed by atoms with Gasteiger partial charge in [-0.3, -0.25) is 0 Å². The van der Waals surface area contributed by atoms with Crippen molar-refractivity contribution in [2.75, 3.05) is 18.9 Å². The summed E-state index contributed by atoms with van der Waals surface area (Å²) in [6.07, 6.45) is 3.56. The average Bonchev–Trinajstić information content (AvgIpc) is 2.42. The average molecular weight is 315 g/mol. The summed E-state index contributed by atoms with van der Waals surface area (Å²) in [5.41, 5.74) is 6.54. The standard InChI is InChI=1S/C16H26N2O2.ClH/c1-4-5-6-11-18-16(2,3)12-20-15(19)13-7-9-14(17)10-8-13;/h7-10,18H,4-6,11-12,17H2,1-3H3;1H. The number of carbonyl (C=O) groups excluding carboxylic acids is 1. The highest BCUT2D eigenvalue weighted by molar-refractivity contribution is 5.89. The molecular weight excluding hydrogens is 288 g/mol. The molecule has 0 amide bonds. The molecule has 0 aliphatic rings. The summed E-state index contributed by atoms with van der Waals surface area (Å²) in [6.45, 7) is 7.55. The van der Waals surface area contributed by atoms with Crippen molar-refractivity contribution in [3.05, 3.63) is 29.8 Å². The zero-order valence-corrected chi connectivity index (χ0v) is 14.0. The van der Waals surface area contributed by atoms with Gasteiger partial charge < -0.3 is 15.8 Å². The van der Waals surface area contributed by atoms with Crippen LogP contribution in [-0.4, -0.2) is 24.7 Å². The first-order chi connectivity index (χ1) is 9.44. The maximum Gasteiger partial charge on any atom is 0.338 e. The molecule has 120 valence electrons. The Bertz CT molecular complexity index is 419. The molecule has 0 saturated carbocycles. The van der Waals surface area contributed by atoms with Crippen molar-refractivity contribution in [2.24, 2.45) is 0 Å². The van der Waals surface area contributed by atoms with Gasteiger partial charge in [-0.05, 0) is 51.1 Å². The molecular formula is C16H27ClN2O2. The van der Waals surface area contributed by atoms with Crippen LogP contribution >= 0.6 is 12.4 Å². The zero-order chi connectivity index (χ0) is 15.0. The Kier molecular flexibility index (Phi) is 9.06. The molecule has 0 saturated heterocycles. The lowest BCUT2D eigenvalue weighted by atomic mass is 10.1. The van der Waals surface area contributed by atoms with Gasteiger partial charge in [-0.15, -0.1) is 12.4 Å². The molecule has 0 aromatic heterocycles. The van der Waals surface area contributed by atoms with E-state index >= 15 is 0 Å². The third kappa shape index (κ3) is 7.93. The number of anilines is 1. The second-order valence-electron chi connectivity index (χ2n) is 5.72. The van der Waals surface area contributed by atoms with Crippen molar-refractivity contribution in [1.29, 1.82) is 0 Å². The number of rotatable bonds is 8.